The van der Waals surface area contributed by atoms with E-state index in [2.05, 4.69) is 25.6 Å². The van der Waals surface area contributed by atoms with E-state index in [-0.39, 0.29) is 10.9 Å². The Morgan fingerprint density at radius 2 is 1.67 bits per heavy atom. The lowest BCUT2D eigenvalue weighted by atomic mass is 10.0. The van der Waals surface area contributed by atoms with Crippen LogP contribution in [0.5, 0.6) is 5.75 Å². The Morgan fingerprint density at radius 3 is 2.26 bits per heavy atom. The van der Waals surface area contributed by atoms with Gasteiger partial charge in [0.05, 0.1) is 12.0 Å². The topological polar surface area (TPSA) is 58.6 Å². The van der Waals surface area contributed by atoms with Crippen LogP contribution >= 0.6 is 15.9 Å². The summed E-state index contributed by atoms with van der Waals surface area (Å²) >= 11 is 3.34. The van der Waals surface area contributed by atoms with Crippen molar-refractivity contribution in [1.82, 2.24) is 9.62 Å². The molecule has 0 bridgehead atoms. The quantitative estimate of drug-likeness (QED) is 0.690. The van der Waals surface area contributed by atoms with Crippen molar-refractivity contribution in [3.63, 3.8) is 0 Å². The summed E-state index contributed by atoms with van der Waals surface area (Å²) in [5.74, 6) is 0.798. The Balaban J connectivity index is 1.78. The number of nitrogens with zero attached hydrogens (tertiary/aromatic N) is 1. The number of likely N-dealkylation sites (tertiary alicyclic amines) is 1. The minimum absolute atomic E-state index is 0.00132. The second kappa shape index (κ2) is 9.19. The standard InChI is InChI=1S/C20H25BrN2O3S/c1-26-18-9-5-16(6-10-18)20(23-13-3-2-4-14-23)15-22-27(24,25)19-11-7-17(21)8-12-19/h5-12,20,22H,2-4,13-15H2,1H3. The highest BCUT2D eigenvalue weighted by Gasteiger charge is 2.25. The van der Waals surface area contributed by atoms with Gasteiger partial charge in [0.25, 0.3) is 0 Å². The number of methoxy groups -OCH3 is 1. The fourth-order valence-corrected chi connectivity index (χ4v) is 4.70. The van der Waals surface area contributed by atoms with Crippen molar-refractivity contribution >= 4 is 26.0 Å². The molecular formula is C20H25BrN2O3S. The molecule has 0 radical (unpaired) electrons. The molecule has 2 aromatic rings. The highest BCUT2D eigenvalue weighted by Crippen LogP contribution is 2.26. The van der Waals surface area contributed by atoms with Crippen molar-refractivity contribution in [3.05, 3.63) is 58.6 Å². The minimum atomic E-state index is -3.55. The Kier molecular flexibility index (Phi) is 6.92. The summed E-state index contributed by atoms with van der Waals surface area (Å²) in [6, 6.07) is 14.6. The number of hydrogen-bond acceptors (Lipinski definition) is 4. The maximum atomic E-state index is 12.7. The molecule has 27 heavy (non-hydrogen) atoms. The number of piperidine rings is 1. The molecule has 2 aromatic carbocycles. The van der Waals surface area contributed by atoms with Crippen LogP contribution < -0.4 is 9.46 Å². The summed E-state index contributed by atoms with van der Waals surface area (Å²) < 4.78 is 34.3. The van der Waals surface area contributed by atoms with Crippen molar-refractivity contribution in [2.24, 2.45) is 0 Å². The molecule has 1 aliphatic rings. The van der Waals surface area contributed by atoms with Gasteiger partial charge in [-0.1, -0.05) is 34.5 Å². The molecule has 0 aromatic heterocycles. The molecule has 0 spiro atoms. The number of rotatable bonds is 7. The molecule has 0 saturated carbocycles. The maximum Gasteiger partial charge on any atom is 0.240 e. The summed E-state index contributed by atoms with van der Waals surface area (Å²) in [7, 11) is -1.91. The summed E-state index contributed by atoms with van der Waals surface area (Å²) in [6.07, 6.45) is 3.52. The van der Waals surface area contributed by atoms with Crippen LogP contribution in [0.4, 0.5) is 0 Å². The molecule has 146 valence electrons. The number of benzene rings is 2. The van der Waals surface area contributed by atoms with Crippen LogP contribution in [0.15, 0.2) is 57.9 Å². The Bertz CT molecular complexity index is 833. The largest absolute Gasteiger partial charge is 0.497 e. The highest BCUT2D eigenvalue weighted by molar-refractivity contribution is 9.10. The van der Waals surface area contributed by atoms with Crippen LogP contribution in [-0.2, 0) is 10.0 Å². The van der Waals surface area contributed by atoms with Crippen LogP contribution in [-0.4, -0.2) is 40.1 Å². The second-order valence-electron chi connectivity index (χ2n) is 6.69. The zero-order chi connectivity index (χ0) is 19.3. The summed E-state index contributed by atoms with van der Waals surface area (Å²) in [5.41, 5.74) is 1.09. The first-order valence-electron chi connectivity index (χ1n) is 9.13. The normalized spacial score (nSPS) is 16.8. The molecule has 5 nitrogen and oxygen atoms in total. The number of hydrogen-bond donors (Lipinski definition) is 1. The molecular weight excluding hydrogens is 428 g/mol. The van der Waals surface area contributed by atoms with Crippen LogP contribution in [0.1, 0.15) is 30.9 Å². The van der Waals surface area contributed by atoms with Gasteiger partial charge in [-0.05, 0) is 67.9 Å². The molecule has 0 aliphatic carbocycles. The van der Waals surface area contributed by atoms with Crippen LogP contribution in [0.25, 0.3) is 0 Å². The first-order chi connectivity index (χ1) is 13.0. The van der Waals surface area contributed by atoms with Gasteiger partial charge in [0.15, 0.2) is 0 Å². The van der Waals surface area contributed by atoms with Crippen LogP contribution in [0.2, 0.25) is 0 Å². The van der Waals surface area contributed by atoms with Gasteiger partial charge in [0, 0.05) is 17.1 Å². The lowest BCUT2D eigenvalue weighted by molar-refractivity contribution is 0.164. The van der Waals surface area contributed by atoms with E-state index in [1.54, 1.807) is 31.4 Å². The maximum absolute atomic E-state index is 12.7. The van der Waals surface area contributed by atoms with Crippen molar-refractivity contribution < 1.29 is 13.2 Å². The van der Waals surface area contributed by atoms with Crippen molar-refractivity contribution in [2.45, 2.75) is 30.2 Å². The molecule has 1 saturated heterocycles. The van der Waals surface area contributed by atoms with Crippen molar-refractivity contribution in [3.8, 4) is 5.75 Å². The molecule has 3 rings (SSSR count). The van der Waals surface area contributed by atoms with Gasteiger partial charge >= 0.3 is 0 Å². The monoisotopic (exact) mass is 452 g/mol. The first-order valence-corrected chi connectivity index (χ1v) is 11.4. The Labute approximate surface area is 169 Å². The van der Waals surface area contributed by atoms with Crippen LogP contribution in [0.3, 0.4) is 0 Å². The third-order valence-corrected chi connectivity index (χ3v) is 6.89. The average Bonchev–Trinajstić information content (AvgIpc) is 2.70. The fraction of sp³-hybridized carbons (Fsp3) is 0.400. The second-order valence-corrected chi connectivity index (χ2v) is 9.37. The number of ether oxygens (including phenoxy) is 1. The van der Waals surface area contributed by atoms with E-state index in [9.17, 15) is 8.42 Å². The van der Waals surface area contributed by atoms with Crippen molar-refractivity contribution in [1.29, 1.82) is 0 Å². The molecule has 1 N–H and O–H groups in total. The van der Waals surface area contributed by atoms with E-state index in [1.807, 2.05) is 24.3 Å². The molecule has 1 fully saturated rings. The minimum Gasteiger partial charge on any atom is -0.497 e. The Morgan fingerprint density at radius 1 is 1.04 bits per heavy atom. The number of sulfonamides is 1. The van der Waals surface area contributed by atoms with Gasteiger partial charge in [-0.3, -0.25) is 4.90 Å². The van der Waals surface area contributed by atoms with Gasteiger partial charge < -0.3 is 4.74 Å². The zero-order valence-corrected chi connectivity index (χ0v) is 17.8. The van der Waals surface area contributed by atoms with E-state index in [1.165, 1.54) is 6.42 Å². The first kappa shape index (κ1) is 20.3. The molecule has 7 heteroatoms. The summed E-state index contributed by atoms with van der Waals surface area (Å²) in [6.45, 7) is 2.30. The van der Waals surface area contributed by atoms with E-state index < -0.39 is 10.0 Å². The average molecular weight is 453 g/mol. The van der Waals surface area contributed by atoms with Gasteiger partial charge in [-0.15, -0.1) is 0 Å². The number of nitrogens with one attached hydrogen (secondary N) is 1. The predicted octanol–water partition coefficient (Wildman–Crippen LogP) is 3.96. The van der Waals surface area contributed by atoms with Crippen LogP contribution in [0, 0.1) is 0 Å². The third kappa shape index (κ3) is 5.31. The SMILES string of the molecule is COc1ccc(C(CNS(=O)(=O)c2ccc(Br)cc2)N2CCCCC2)cc1. The van der Waals surface area contributed by atoms with E-state index in [0.29, 0.717) is 6.54 Å². The van der Waals surface area contributed by atoms with E-state index in [0.717, 1.165) is 41.7 Å². The fourth-order valence-electron chi connectivity index (χ4n) is 3.40. The van der Waals surface area contributed by atoms with Crippen molar-refractivity contribution in [2.75, 3.05) is 26.7 Å². The van der Waals surface area contributed by atoms with E-state index in [4.69, 9.17) is 4.74 Å². The van der Waals surface area contributed by atoms with Gasteiger partial charge in [0.2, 0.25) is 10.0 Å². The summed E-state index contributed by atoms with van der Waals surface area (Å²) in [4.78, 5) is 2.65. The molecule has 1 aliphatic heterocycles. The third-order valence-electron chi connectivity index (χ3n) is 4.92. The smallest absolute Gasteiger partial charge is 0.240 e. The lowest BCUT2D eigenvalue weighted by Crippen LogP contribution is -2.40. The molecule has 0 amide bonds. The Hall–Kier alpha value is -1.41. The van der Waals surface area contributed by atoms with Gasteiger partial charge in [-0.2, -0.15) is 0 Å². The lowest BCUT2D eigenvalue weighted by Gasteiger charge is -2.35. The molecule has 1 heterocycles. The number of halogens is 1. The zero-order valence-electron chi connectivity index (χ0n) is 15.4. The van der Waals surface area contributed by atoms with Gasteiger partial charge in [0.1, 0.15) is 5.75 Å². The summed E-state index contributed by atoms with van der Waals surface area (Å²) in [5, 5.41) is 0. The molecule has 1 unspecified atom stereocenters. The van der Waals surface area contributed by atoms with E-state index >= 15 is 0 Å². The molecule has 1 atom stereocenters. The predicted molar refractivity (Wildman–Crippen MR) is 110 cm³/mol. The van der Waals surface area contributed by atoms with Gasteiger partial charge in [-0.25, -0.2) is 13.1 Å². The highest BCUT2D eigenvalue weighted by atomic mass is 79.9.